The van der Waals surface area contributed by atoms with Crippen molar-refractivity contribution in [2.75, 3.05) is 13.2 Å². The molecule has 0 heterocycles. The number of carboxylic acids is 1. The fourth-order valence-corrected chi connectivity index (χ4v) is 3.58. The van der Waals surface area contributed by atoms with E-state index in [1.165, 1.54) is 0 Å². The molecule has 25 heavy (non-hydrogen) atoms. The predicted molar refractivity (Wildman–Crippen MR) is 97.3 cm³/mol. The molecule has 0 bridgehead atoms. The van der Waals surface area contributed by atoms with Crippen LogP contribution >= 0.6 is 23.2 Å². The van der Waals surface area contributed by atoms with Crippen LogP contribution in [-0.4, -0.2) is 30.1 Å². The summed E-state index contributed by atoms with van der Waals surface area (Å²) in [6.07, 6.45) is 4.42. The standard InChI is InChI=1S/C18H23Cl2NO4/c19-13-7-8-16(15(20)10-13)25-9-3-6-17(22)21-11-12-4-1-2-5-14(12)18(23)24/h7-8,10,12,14H,1-6,9,11H2,(H,21,22)(H,23,24)/t12-,14-/m0/s1. The number of hydrogen-bond acceptors (Lipinski definition) is 3. The molecule has 0 radical (unpaired) electrons. The van der Waals surface area contributed by atoms with Crippen molar-refractivity contribution < 1.29 is 19.4 Å². The summed E-state index contributed by atoms with van der Waals surface area (Å²) in [4.78, 5) is 23.2. The SMILES string of the molecule is O=C(CCCOc1ccc(Cl)cc1Cl)NC[C@@H]1CCCC[C@@H]1C(=O)O. The van der Waals surface area contributed by atoms with Gasteiger partial charge in [0.15, 0.2) is 0 Å². The number of nitrogens with one attached hydrogen (secondary N) is 1. The highest BCUT2D eigenvalue weighted by atomic mass is 35.5. The molecule has 1 fully saturated rings. The zero-order chi connectivity index (χ0) is 18.2. The fraction of sp³-hybridized carbons (Fsp3) is 0.556. The largest absolute Gasteiger partial charge is 0.492 e. The third-order valence-electron chi connectivity index (χ3n) is 4.49. The second-order valence-electron chi connectivity index (χ2n) is 6.32. The molecular weight excluding hydrogens is 365 g/mol. The van der Waals surface area contributed by atoms with Crippen molar-refractivity contribution in [3.63, 3.8) is 0 Å². The molecule has 138 valence electrons. The Morgan fingerprint density at radius 2 is 2.00 bits per heavy atom. The Morgan fingerprint density at radius 1 is 1.24 bits per heavy atom. The molecule has 1 aliphatic rings. The summed E-state index contributed by atoms with van der Waals surface area (Å²) >= 11 is 11.8. The van der Waals surface area contributed by atoms with Gasteiger partial charge in [-0.3, -0.25) is 9.59 Å². The van der Waals surface area contributed by atoms with Gasteiger partial charge >= 0.3 is 5.97 Å². The van der Waals surface area contributed by atoms with E-state index in [2.05, 4.69) is 5.32 Å². The average Bonchev–Trinajstić information content (AvgIpc) is 2.58. The number of carbonyl (C=O) groups excluding carboxylic acids is 1. The van der Waals surface area contributed by atoms with Crippen LogP contribution in [0.4, 0.5) is 0 Å². The van der Waals surface area contributed by atoms with Crippen LogP contribution in [0.1, 0.15) is 38.5 Å². The number of hydrogen-bond donors (Lipinski definition) is 2. The topological polar surface area (TPSA) is 75.6 Å². The summed E-state index contributed by atoms with van der Waals surface area (Å²) in [5, 5.41) is 13.1. The summed E-state index contributed by atoms with van der Waals surface area (Å²) in [6, 6.07) is 4.99. The van der Waals surface area contributed by atoms with Gasteiger partial charge < -0.3 is 15.2 Å². The number of halogens is 2. The van der Waals surface area contributed by atoms with Gasteiger partial charge in [-0.1, -0.05) is 36.0 Å². The van der Waals surface area contributed by atoms with Gasteiger partial charge in [0.2, 0.25) is 5.91 Å². The monoisotopic (exact) mass is 387 g/mol. The summed E-state index contributed by atoms with van der Waals surface area (Å²) in [7, 11) is 0. The van der Waals surface area contributed by atoms with E-state index in [9.17, 15) is 14.7 Å². The minimum Gasteiger partial charge on any atom is -0.492 e. The van der Waals surface area contributed by atoms with E-state index in [0.29, 0.717) is 48.2 Å². The molecule has 0 spiro atoms. The average molecular weight is 388 g/mol. The van der Waals surface area contributed by atoms with E-state index >= 15 is 0 Å². The lowest BCUT2D eigenvalue weighted by atomic mass is 9.79. The molecule has 1 aliphatic carbocycles. The predicted octanol–water partition coefficient (Wildman–Crippen LogP) is 4.16. The molecule has 2 atom stereocenters. The molecule has 0 unspecified atom stereocenters. The molecule has 0 saturated heterocycles. The summed E-state index contributed by atoms with van der Waals surface area (Å²) in [5.74, 6) is -0.616. The van der Waals surface area contributed by atoms with Crippen molar-refractivity contribution >= 4 is 35.1 Å². The van der Waals surface area contributed by atoms with Gasteiger partial charge in [0.1, 0.15) is 5.75 Å². The van der Waals surface area contributed by atoms with Crippen LogP contribution in [0, 0.1) is 11.8 Å². The Bertz CT molecular complexity index is 609. The number of benzene rings is 1. The third kappa shape index (κ3) is 6.40. The van der Waals surface area contributed by atoms with Crippen LogP contribution in [0.5, 0.6) is 5.75 Å². The second kappa shape index (κ2) is 9.88. The minimum atomic E-state index is -0.757. The summed E-state index contributed by atoms with van der Waals surface area (Å²) < 4.78 is 5.54. The second-order valence-corrected chi connectivity index (χ2v) is 7.16. The number of amides is 1. The van der Waals surface area contributed by atoms with Gasteiger partial charge in [0, 0.05) is 18.0 Å². The summed E-state index contributed by atoms with van der Waals surface area (Å²) in [6.45, 7) is 0.801. The molecule has 1 aromatic carbocycles. The third-order valence-corrected chi connectivity index (χ3v) is 5.02. The van der Waals surface area contributed by atoms with Crippen molar-refractivity contribution in [2.24, 2.45) is 11.8 Å². The lowest BCUT2D eigenvalue weighted by Gasteiger charge is -2.28. The molecule has 1 aromatic rings. The first-order valence-corrected chi connectivity index (χ1v) is 9.30. The van der Waals surface area contributed by atoms with E-state index < -0.39 is 5.97 Å². The van der Waals surface area contributed by atoms with Crippen LogP contribution in [0.25, 0.3) is 0 Å². The smallest absolute Gasteiger partial charge is 0.306 e. The van der Waals surface area contributed by atoms with Crippen molar-refractivity contribution in [3.05, 3.63) is 28.2 Å². The first-order valence-electron chi connectivity index (χ1n) is 8.54. The van der Waals surface area contributed by atoms with Gasteiger partial charge in [-0.25, -0.2) is 0 Å². The highest BCUT2D eigenvalue weighted by molar-refractivity contribution is 6.35. The van der Waals surface area contributed by atoms with Crippen LogP contribution in [0.3, 0.4) is 0 Å². The maximum Gasteiger partial charge on any atom is 0.306 e. The number of carbonyl (C=O) groups is 2. The molecule has 2 rings (SSSR count). The Balaban J connectivity index is 1.66. The quantitative estimate of drug-likeness (QED) is 0.656. The van der Waals surface area contributed by atoms with Gasteiger partial charge in [0.05, 0.1) is 17.5 Å². The Kier molecular flexibility index (Phi) is 7.85. The number of carboxylic acid groups (broad SMARTS) is 1. The van der Waals surface area contributed by atoms with Gasteiger partial charge in [0.25, 0.3) is 0 Å². The summed E-state index contributed by atoms with van der Waals surface area (Å²) in [5.41, 5.74) is 0. The molecular formula is C18H23Cl2NO4. The van der Waals surface area contributed by atoms with Crippen molar-refractivity contribution in [1.82, 2.24) is 5.32 Å². The zero-order valence-corrected chi connectivity index (χ0v) is 15.5. The van der Waals surface area contributed by atoms with Crippen LogP contribution < -0.4 is 10.1 Å². The molecule has 0 aliphatic heterocycles. The molecule has 7 heteroatoms. The van der Waals surface area contributed by atoms with E-state index in [1.54, 1.807) is 18.2 Å². The highest BCUT2D eigenvalue weighted by Gasteiger charge is 2.30. The van der Waals surface area contributed by atoms with Crippen LogP contribution in [-0.2, 0) is 9.59 Å². The van der Waals surface area contributed by atoms with E-state index in [1.807, 2.05) is 0 Å². The molecule has 0 aromatic heterocycles. The Hall–Kier alpha value is -1.46. The first-order chi connectivity index (χ1) is 12.0. The van der Waals surface area contributed by atoms with Crippen molar-refractivity contribution in [1.29, 1.82) is 0 Å². The van der Waals surface area contributed by atoms with Crippen LogP contribution in [0.2, 0.25) is 10.0 Å². The number of aliphatic carboxylic acids is 1. The van der Waals surface area contributed by atoms with E-state index in [0.717, 1.165) is 19.3 Å². The van der Waals surface area contributed by atoms with Gasteiger partial charge in [-0.05, 0) is 43.4 Å². The van der Waals surface area contributed by atoms with E-state index in [-0.39, 0.29) is 17.7 Å². The normalized spacial score (nSPS) is 20.1. The first kappa shape index (κ1) is 19.9. The zero-order valence-electron chi connectivity index (χ0n) is 14.0. The van der Waals surface area contributed by atoms with Gasteiger partial charge in [-0.2, -0.15) is 0 Å². The minimum absolute atomic E-state index is 0.0272. The van der Waals surface area contributed by atoms with Crippen molar-refractivity contribution in [2.45, 2.75) is 38.5 Å². The van der Waals surface area contributed by atoms with E-state index in [4.69, 9.17) is 27.9 Å². The molecule has 2 N–H and O–H groups in total. The van der Waals surface area contributed by atoms with Gasteiger partial charge in [-0.15, -0.1) is 0 Å². The molecule has 1 saturated carbocycles. The number of rotatable bonds is 8. The molecule has 1 amide bonds. The lowest BCUT2D eigenvalue weighted by molar-refractivity contribution is -0.145. The maximum absolute atomic E-state index is 11.9. The Morgan fingerprint density at radius 3 is 2.72 bits per heavy atom. The highest BCUT2D eigenvalue weighted by Crippen LogP contribution is 2.30. The fourth-order valence-electron chi connectivity index (χ4n) is 3.12. The maximum atomic E-state index is 11.9. The lowest BCUT2D eigenvalue weighted by Crippen LogP contribution is -2.37. The Labute approximate surface area is 157 Å². The number of ether oxygens (including phenoxy) is 1. The van der Waals surface area contributed by atoms with Crippen LogP contribution in [0.15, 0.2) is 18.2 Å². The van der Waals surface area contributed by atoms with Crippen molar-refractivity contribution in [3.8, 4) is 5.75 Å². The molecule has 5 nitrogen and oxygen atoms in total.